The van der Waals surface area contributed by atoms with Crippen molar-refractivity contribution in [3.05, 3.63) is 47.7 Å². The molecule has 2 aromatic rings. The number of carbonyl (C=O) groups is 2. The fourth-order valence-electron chi connectivity index (χ4n) is 3.02. The average Bonchev–Trinajstić information content (AvgIpc) is 2.95. The van der Waals surface area contributed by atoms with Crippen molar-refractivity contribution in [2.24, 2.45) is 5.92 Å². The van der Waals surface area contributed by atoms with Crippen LogP contribution in [-0.2, 0) is 16.0 Å². The lowest BCUT2D eigenvalue weighted by atomic mass is 10.1. The number of methoxy groups -OCH3 is 1. The number of anilines is 1. The Bertz CT molecular complexity index is 935. The summed E-state index contributed by atoms with van der Waals surface area (Å²) in [7, 11) is 1.56. The molecule has 2 amide bonds. The van der Waals surface area contributed by atoms with Crippen LogP contribution in [0.1, 0.15) is 31.5 Å². The Kier molecular flexibility index (Phi) is 6.00. The summed E-state index contributed by atoms with van der Waals surface area (Å²) in [5.41, 5.74) is 1.81. The molecule has 1 fully saturated rings. The van der Waals surface area contributed by atoms with Gasteiger partial charge in [0.25, 0.3) is 0 Å². The van der Waals surface area contributed by atoms with Gasteiger partial charge >= 0.3 is 0 Å². The number of nitriles is 1. The molecule has 0 spiro atoms. The molecule has 1 aliphatic heterocycles. The minimum atomic E-state index is -0.594. The van der Waals surface area contributed by atoms with Gasteiger partial charge in [0.1, 0.15) is 16.8 Å². The van der Waals surface area contributed by atoms with Crippen LogP contribution in [0.5, 0.6) is 5.75 Å². The predicted octanol–water partition coefficient (Wildman–Crippen LogP) is 3.58. The number of rotatable bonds is 6. The van der Waals surface area contributed by atoms with E-state index in [1.165, 1.54) is 16.7 Å². The van der Waals surface area contributed by atoms with Crippen LogP contribution in [0.2, 0.25) is 0 Å². The number of benzene rings is 1. The number of hydrogen-bond donors (Lipinski definition) is 0. The second kappa shape index (κ2) is 8.44. The number of carbonyl (C=O) groups excluding carboxylic acids is 2. The molecule has 1 aromatic heterocycles. The first-order valence-corrected chi connectivity index (χ1v) is 9.88. The third-order valence-electron chi connectivity index (χ3n) is 4.35. The smallest absolute Gasteiger partial charge is 0.247 e. The van der Waals surface area contributed by atoms with Crippen molar-refractivity contribution in [1.29, 1.82) is 5.26 Å². The number of hydrogen-bond acceptors (Lipinski definition) is 6. The summed E-state index contributed by atoms with van der Waals surface area (Å²) in [5.74, 6) is 0.529. The Morgan fingerprint density at radius 3 is 2.57 bits per heavy atom. The van der Waals surface area contributed by atoms with E-state index in [2.05, 4.69) is 24.9 Å². The van der Waals surface area contributed by atoms with Crippen LogP contribution in [0.3, 0.4) is 0 Å². The highest BCUT2D eigenvalue weighted by Gasteiger charge is 2.40. The van der Waals surface area contributed by atoms with Crippen molar-refractivity contribution in [1.82, 2.24) is 4.98 Å². The van der Waals surface area contributed by atoms with Crippen LogP contribution in [0.4, 0.5) is 5.69 Å². The first kappa shape index (κ1) is 19.9. The van der Waals surface area contributed by atoms with Gasteiger partial charge in [-0.15, -0.1) is 0 Å². The predicted molar refractivity (Wildman–Crippen MR) is 107 cm³/mol. The third kappa shape index (κ3) is 4.18. The van der Waals surface area contributed by atoms with Crippen molar-refractivity contribution in [3.8, 4) is 11.8 Å². The van der Waals surface area contributed by atoms with E-state index in [0.717, 1.165) is 12.1 Å². The molecule has 3 rings (SSSR count). The number of thioether (sulfide) groups is 1. The summed E-state index contributed by atoms with van der Waals surface area (Å²) in [4.78, 5) is 31.1. The molecule has 1 atom stereocenters. The standard InChI is InChI=1S/C21H21N3O3S/c1-13(2)10-15-5-4-14(12-22)20(23-15)28-18-11-19(25)24(21(18)26)16-6-8-17(27-3)9-7-16/h4-9,13,18H,10-11H2,1-3H3/t18-/m1/s1. The van der Waals surface area contributed by atoms with Crippen LogP contribution in [0.25, 0.3) is 0 Å². The second-order valence-electron chi connectivity index (χ2n) is 6.94. The zero-order chi connectivity index (χ0) is 20.3. The van der Waals surface area contributed by atoms with Crippen LogP contribution in [0, 0.1) is 17.2 Å². The summed E-state index contributed by atoms with van der Waals surface area (Å²) >= 11 is 1.19. The van der Waals surface area contributed by atoms with Gasteiger partial charge in [0.15, 0.2) is 0 Å². The molecule has 0 N–H and O–H groups in total. The van der Waals surface area contributed by atoms with Crippen LogP contribution in [-0.4, -0.2) is 29.2 Å². The van der Waals surface area contributed by atoms with Gasteiger partial charge < -0.3 is 4.74 Å². The summed E-state index contributed by atoms with van der Waals surface area (Å²) in [6.07, 6.45) is 0.866. The Morgan fingerprint density at radius 2 is 1.96 bits per heavy atom. The SMILES string of the molecule is COc1ccc(N2C(=O)C[C@@H](Sc3nc(CC(C)C)ccc3C#N)C2=O)cc1. The molecular formula is C21H21N3O3S. The number of pyridine rings is 1. The third-order valence-corrected chi connectivity index (χ3v) is 5.53. The molecule has 28 heavy (non-hydrogen) atoms. The van der Waals surface area contributed by atoms with Gasteiger partial charge in [-0.3, -0.25) is 9.59 Å². The average molecular weight is 395 g/mol. The molecular weight excluding hydrogens is 374 g/mol. The van der Waals surface area contributed by atoms with Gasteiger partial charge in [-0.25, -0.2) is 9.88 Å². The van der Waals surface area contributed by atoms with E-state index in [1.54, 1.807) is 37.4 Å². The molecule has 0 bridgehead atoms. The van der Waals surface area contributed by atoms with Crippen LogP contribution < -0.4 is 9.64 Å². The largest absolute Gasteiger partial charge is 0.497 e. The molecule has 1 aromatic carbocycles. The number of nitrogens with zero attached hydrogens (tertiary/aromatic N) is 3. The fourth-order valence-corrected chi connectivity index (χ4v) is 4.13. The van der Waals surface area contributed by atoms with Gasteiger partial charge in [0, 0.05) is 12.1 Å². The molecule has 1 saturated heterocycles. The van der Waals surface area contributed by atoms with E-state index < -0.39 is 5.25 Å². The fraction of sp³-hybridized carbons (Fsp3) is 0.333. The number of imide groups is 1. The van der Waals surface area contributed by atoms with Crippen molar-refractivity contribution in [3.63, 3.8) is 0 Å². The van der Waals surface area contributed by atoms with E-state index in [9.17, 15) is 14.9 Å². The van der Waals surface area contributed by atoms with Crippen LogP contribution >= 0.6 is 11.8 Å². The zero-order valence-electron chi connectivity index (χ0n) is 16.0. The van der Waals surface area contributed by atoms with Gasteiger partial charge in [-0.05, 0) is 48.7 Å². The maximum atomic E-state index is 12.9. The zero-order valence-corrected chi connectivity index (χ0v) is 16.8. The van der Waals surface area contributed by atoms with E-state index in [1.807, 2.05) is 6.07 Å². The Morgan fingerprint density at radius 1 is 1.25 bits per heavy atom. The number of amides is 2. The highest BCUT2D eigenvalue weighted by atomic mass is 32.2. The molecule has 0 unspecified atom stereocenters. The molecule has 1 aliphatic rings. The summed E-state index contributed by atoms with van der Waals surface area (Å²) in [6.45, 7) is 4.19. The molecule has 144 valence electrons. The van der Waals surface area contributed by atoms with Gasteiger partial charge in [-0.1, -0.05) is 25.6 Å². The molecule has 0 radical (unpaired) electrons. The van der Waals surface area contributed by atoms with Crippen molar-refractivity contribution < 1.29 is 14.3 Å². The number of ether oxygens (including phenoxy) is 1. The first-order chi connectivity index (χ1) is 13.4. The maximum Gasteiger partial charge on any atom is 0.247 e. The minimum Gasteiger partial charge on any atom is -0.497 e. The van der Waals surface area contributed by atoms with Crippen LogP contribution in [0.15, 0.2) is 41.4 Å². The monoisotopic (exact) mass is 395 g/mol. The lowest BCUT2D eigenvalue weighted by Crippen LogP contribution is -2.31. The minimum absolute atomic E-state index is 0.0798. The second-order valence-corrected chi connectivity index (χ2v) is 8.13. The molecule has 6 nitrogen and oxygen atoms in total. The van der Waals surface area contributed by atoms with Gasteiger partial charge in [-0.2, -0.15) is 5.26 Å². The highest BCUT2D eigenvalue weighted by molar-refractivity contribution is 8.00. The maximum absolute atomic E-state index is 12.9. The van der Waals surface area contributed by atoms with Crippen molar-refractivity contribution in [2.75, 3.05) is 12.0 Å². The molecule has 0 aliphatic carbocycles. The van der Waals surface area contributed by atoms with E-state index >= 15 is 0 Å². The molecule has 0 saturated carbocycles. The normalized spacial score (nSPS) is 16.5. The topological polar surface area (TPSA) is 83.3 Å². The summed E-state index contributed by atoms with van der Waals surface area (Å²) < 4.78 is 5.12. The lowest BCUT2D eigenvalue weighted by molar-refractivity contribution is -0.121. The highest BCUT2D eigenvalue weighted by Crippen LogP contribution is 2.35. The van der Waals surface area contributed by atoms with Crippen molar-refractivity contribution in [2.45, 2.75) is 37.0 Å². The number of aromatic nitrogens is 1. The Hall–Kier alpha value is -2.85. The summed E-state index contributed by atoms with van der Waals surface area (Å²) in [6, 6.07) is 12.5. The molecule has 2 heterocycles. The first-order valence-electron chi connectivity index (χ1n) is 9.00. The quantitative estimate of drug-likeness (QED) is 0.695. The van der Waals surface area contributed by atoms with Crippen molar-refractivity contribution >= 4 is 29.3 Å². The van der Waals surface area contributed by atoms with E-state index in [4.69, 9.17) is 4.74 Å². The van der Waals surface area contributed by atoms with Gasteiger partial charge in [0.05, 0.1) is 23.6 Å². The van der Waals surface area contributed by atoms with E-state index in [0.29, 0.717) is 27.9 Å². The summed E-state index contributed by atoms with van der Waals surface area (Å²) in [5, 5.41) is 9.29. The Labute approximate surface area is 168 Å². The lowest BCUT2D eigenvalue weighted by Gasteiger charge is -2.15. The Balaban J connectivity index is 1.82. The van der Waals surface area contributed by atoms with E-state index in [-0.39, 0.29) is 18.2 Å². The molecule has 7 heteroatoms. The van der Waals surface area contributed by atoms with Gasteiger partial charge in [0.2, 0.25) is 11.8 Å².